The molecule has 1 aliphatic heterocycles. The molecule has 0 bridgehead atoms. The molecule has 11 nitrogen and oxygen atoms in total. The van der Waals surface area contributed by atoms with E-state index >= 15 is 0 Å². The minimum absolute atomic E-state index is 0.156. The number of sulfonamides is 1. The van der Waals surface area contributed by atoms with E-state index in [2.05, 4.69) is 10.6 Å². The lowest BCUT2D eigenvalue weighted by atomic mass is 9.99. The third-order valence-electron chi connectivity index (χ3n) is 6.83. The van der Waals surface area contributed by atoms with Crippen LogP contribution in [0.4, 0.5) is 17.1 Å². The zero-order valence-electron chi connectivity index (χ0n) is 24.7. The first kappa shape index (κ1) is 31.3. The van der Waals surface area contributed by atoms with E-state index in [1.165, 1.54) is 12.0 Å². The van der Waals surface area contributed by atoms with Crippen molar-refractivity contribution in [1.29, 1.82) is 0 Å². The average molecular weight is 606 g/mol. The van der Waals surface area contributed by atoms with Crippen LogP contribution in [0.1, 0.15) is 21.5 Å². The number of ether oxygens (including phenoxy) is 1. The number of carbonyl (C=O) groups is 3. The molecule has 0 aliphatic carbocycles. The number of benzene rings is 3. The Balaban J connectivity index is 1.73. The summed E-state index contributed by atoms with van der Waals surface area (Å²) in [7, 11) is 4.19. The molecule has 0 spiro atoms. The third-order valence-corrected chi connectivity index (χ3v) is 8.54. The van der Waals surface area contributed by atoms with Crippen molar-refractivity contribution in [3.05, 3.63) is 89.5 Å². The maximum absolute atomic E-state index is 13.3. The van der Waals surface area contributed by atoms with Crippen molar-refractivity contribution in [1.82, 2.24) is 9.80 Å². The molecule has 2 amide bonds. The summed E-state index contributed by atoms with van der Waals surface area (Å²) in [6, 6.07) is 20.8. The Bertz CT molecular complexity index is 1650. The number of hydrogen-bond acceptors (Lipinski definition) is 8. The maximum atomic E-state index is 13.3. The van der Waals surface area contributed by atoms with Crippen LogP contribution in [0.15, 0.2) is 72.8 Å². The van der Waals surface area contributed by atoms with Gasteiger partial charge in [0.1, 0.15) is 6.54 Å². The number of fused-ring (bicyclic) bond motifs is 1. The van der Waals surface area contributed by atoms with Gasteiger partial charge in [0, 0.05) is 31.9 Å². The minimum Gasteiger partial charge on any atom is -0.465 e. The van der Waals surface area contributed by atoms with Crippen molar-refractivity contribution in [2.45, 2.75) is 0 Å². The van der Waals surface area contributed by atoms with Gasteiger partial charge < -0.3 is 25.2 Å². The normalized spacial score (nSPS) is 13.7. The van der Waals surface area contributed by atoms with E-state index in [0.29, 0.717) is 46.0 Å². The Morgan fingerprint density at radius 1 is 0.907 bits per heavy atom. The summed E-state index contributed by atoms with van der Waals surface area (Å²) in [4.78, 5) is 41.0. The van der Waals surface area contributed by atoms with Crippen LogP contribution in [0.5, 0.6) is 0 Å². The summed E-state index contributed by atoms with van der Waals surface area (Å²) in [6.07, 6.45) is 0. The molecule has 43 heavy (non-hydrogen) atoms. The summed E-state index contributed by atoms with van der Waals surface area (Å²) < 4.78 is 32.5. The molecule has 0 unspecified atom stereocenters. The van der Waals surface area contributed by atoms with Gasteiger partial charge in [0.05, 0.1) is 41.1 Å². The zero-order chi connectivity index (χ0) is 31.3. The minimum atomic E-state index is -3.81. The van der Waals surface area contributed by atoms with Crippen LogP contribution < -0.4 is 14.9 Å². The van der Waals surface area contributed by atoms with Gasteiger partial charge in [0.15, 0.2) is 0 Å². The molecule has 226 valence electrons. The lowest BCUT2D eigenvalue weighted by molar-refractivity contribution is -0.127. The van der Waals surface area contributed by atoms with Gasteiger partial charge in [-0.05, 0) is 56.1 Å². The number of likely N-dealkylation sites (N-methyl/N-ethyl adjacent to an activating group) is 1. The second kappa shape index (κ2) is 13.1. The number of rotatable bonds is 11. The Labute approximate surface area is 251 Å². The van der Waals surface area contributed by atoms with Gasteiger partial charge in [0.2, 0.25) is 15.9 Å². The second-order valence-electron chi connectivity index (χ2n) is 10.4. The van der Waals surface area contributed by atoms with Crippen molar-refractivity contribution >= 4 is 56.1 Å². The molecule has 0 atom stereocenters. The van der Waals surface area contributed by atoms with Crippen molar-refractivity contribution in [2.24, 2.45) is 0 Å². The molecule has 1 aliphatic rings. The van der Waals surface area contributed by atoms with E-state index in [9.17, 15) is 22.8 Å². The van der Waals surface area contributed by atoms with Crippen molar-refractivity contribution in [3.8, 4) is 0 Å². The molecule has 0 radical (unpaired) electrons. The van der Waals surface area contributed by atoms with Gasteiger partial charge in [-0.1, -0.05) is 36.4 Å². The molecular weight excluding hydrogens is 570 g/mol. The molecule has 0 aromatic heterocycles. The van der Waals surface area contributed by atoms with Gasteiger partial charge in [-0.15, -0.1) is 0 Å². The molecule has 12 heteroatoms. The Morgan fingerprint density at radius 3 is 2.19 bits per heavy atom. The van der Waals surface area contributed by atoms with Crippen LogP contribution in [0.3, 0.4) is 0 Å². The number of carbonyl (C=O) groups excluding carboxylic acids is 3. The highest BCUT2D eigenvalue weighted by Gasteiger charge is 2.30. The first-order valence-electron chi connectivity index (χ1n) is 13.5. The topological polar surface area (TPSA) is 128 Å². The molecule has 4 rings (SSSR count). The van der Waals surface area contributed by atoms with E-state index in [-0.39, 0.29) is 24.1 Å². The number of nitrogens with one attached hydrogen (secondary N) is 2. The van der Waals surface area contributed by atoms with Gasteiger partial charge in [-0.2, -0.15) is 0 Å². The molecule has 1 heterocycles. The Kier molecular flexibility index (Phi) is 9.52. The van der Waals surface area contributed by atoms with Crippen LogP contribution in [0, 0.1) is 0 Å². The van der Waals surface area contributed by atoms with Crippen LogP contribution in [-0.4, -0.2) is 90.1 Å². The third kappa shape index (κ3) is 7.22. The molecule has 3 aromatic carbocycles. The number of nitrogens with zero attached hydrogens (tertiary/aromatic N) is 3. The lowest BCUT2D eigenvalue weighted by Gasteiger charge is -2.26. The van der Waals surface area contributed by atoms with Gasteiger partial charge in [0.25, 0.3) is 5.91 Å². The molecule has 3 aromatic rings. The van der Waals surface area contributed by atoms with Gasteiger partial charge in [-0.3, -0.25) is 13.9 Å². The van der Waals surface area contributed by atoms with Crippen molar-refractivity contribution in [3.63, 3.8) is 0 Å². The molecular formula is C31H35N5O6S. The summed E-state index contributed by atoms with van der Waals surface area (Å²) >= 11 is 0. The van der Waals surface area contributed by atoms with E-state index < -0.39 is 16.0 Å². The van der Waals surface area contributed by atoms with Crippen LogP contribution >= 0.6 is 0 Å². The fraction of sp³-hybridized carbons (Fsp3) is 0.258. The molecule has 0 saturated heterocycles. The number of hydrogen-bond donors (Lipinski definition) is 2. The quantitative estimate of drug-likeness (QED) is 0.252. The SMILES string of the molecule is COC(=O)c1ccc2c(c1)NC(=O)C2=C(Nc1ccc(N(CC(=O)N(C)C)S(=O)(=O)CCN(C)C)cc1)c1ccccc1. The monoisotopic (exact) mass is 605 g/mol. The Morgan fingerprint density at radius 2 is 1.58 bits per heavy atom. The number of esters is 1. The number of methoxy groups -OCH3 is 1. The highest BCUT2D eigenvalue weighted by Crippen LogP contribution is 2.38. The van der Waals surface area contributed by atoms with Gasteiger partial charge >= 0.3 is 5.97 Å². The van der Waals surface area contributed by atoms with E-state index in [4.69, 9.17) is 4.74 Å². The largest absolute Gasteiger partial charge is 0.465 e. The van der Waals surface area contributed by atoms with Crippen LogP contribution in [0.25, 0.3) is 11.3 Å². The highest BCUT2D eigenvalue weighted by molar-refractivity contribution is 7.92. The smallest absolute Gasteiger partial charge is 0.337 e. The first-order chi connectivity index (χ1) is 20.4. The lowest BCUT2D eigenvalue weighted by Crippen LogP contribution is -2.42. The molecule has 0 saturated carbocycles. The van der Waals surface area contributed by atoms with E-state index in [0.717, 1.165) is 9.87 Å². The van der Waals surface area contributed by atoms with Gasteiger partial charge in [-0.25, -0.2) is 13.2 Å². The predicted octanol–water partition coefficient (Wildman–Crippen LogP) is 3.19. The Hall–Kier alpha value is -4.68. The standard InChI is InChI=1S/C31H35N5O6S/c1-34(2)17-18-43(40,41)36(20-27(37)35(3)4)24-14-12-23(13-15-24)32-29(21-9-7-6-8-10-21)28-25-16-11-22(31(39)42-5)19-26(25)33-30(28)38/h6-16,19,32H,17-18,20H2,1-5H3,(H,33,38). The molecule has 2 N–H and O–H groups in total. The summed E-state index contributed by atoms with van der Waals surface area (Å²) in [5.74, 6) is -1.37. The van der Waals surface area contributed by atoms with Crippen LogP contribution in [-0.2, 0) is 24.3 Å². The average Bonchev–Trinajstić information content (AvgIpc) is 3.32. The number of amides is 2. The summed E-state index contributed by atoms with van der Waals surface area (Å²) in [6.45, 7) is -0.0351. The molecule has 0 fully saturated rings. The maximum Gasteiger partial charge on any atom is 0.337 e. The van der Waals surface area contributed by atoms with Crippen molar-refractivity contribution in [2.75, 3.05) is 69.1 Å². The van der Waals surface area contributed by atoms with Crippen molar-refractivity contribution < 1.29 is 27.5 Å². The first-order valence-corrected chi connectivity index (χ1v) is 15.1. The summed E-state index contributed by atoms with van der Waals surface area (Å²) in [5, 5.41) is 6.17. The summed E-state index contributed by atoms with van der Waals surface area (Å²) in [5.41, 5.74) is 3.98. The predicted molar refractivity (Wildman–Crippen MR) is 168 cm³/mol. The highest BCUT2D eigenvalue weighted by atomic mass is 32.2. The number of anilines is 3. The fourth-order valence-corrected chi connectivity index (χ4v) is 5.99. The zero-order valence-corrected chi connectivity index (χ0v) is 25.6. The van der Waals surface area contributed by atoms with E-state index in [1.54, 1.807) is 75.6 Å². The van der Waals surface area contributed by atoms with E-state index in [1.807, 2.05) is 30.3 Å². The fourth-order valence-electron chi connectivity index (χ4n) is 4.43. The van der Waals surface area contributed by atoms with Crippen LogP contribution in [0.2, 0.25) is 0 Å². The second-order valence-corrected chi connectivity index (χ2v) is 12.4.